The quantitative estimate of drug-likeness (QED) is 0.324. The van der Waals surface area contributed by atoms with Crippen molar-refractivity contribution in [2.24, 2.45) is 17.8 Å². The van der Waals surface area contributed by atoms with Crippen molar-refractivity contribution in [2.75, 3.05) is 33.8 Å². The van der Waals surface area contributed by atoms with Gasteiger partial charge in [-0.25, -0.2) is 0 Å². The van der Waals surface area contributed by atoms with Gasteiger partial charge in [0.25, 0.3) is 11.8 Å². The lowest BCUT2D eigenvalue weighted by molar-refractivity contribution is -0.340. The van der Waals surface area contributed by atoms with E-state index >= 15 is 0 Å². The molecule has 2 amide bonds. The molecule has 1 heterocycles. The molecule has 2 aromatic carbocycles. The van der Waals surface area contributed by atoms with E-state index in [0.29, 0.717) is 60.7 Å². The fraction of sp³-hybridized carbons (Fsp3) is 0.517. The number of carbonyl (C=O) groups excluding carboxylic acids is 2. The molecule has 0 N–H and O–H groups in total. The molecule has 10 heteroatoms. The zero-order chi connectivity index (χ0) is 28.7. The average Bonchev–Trinajstić information content (AvgIpc) is 2.90. The third-order valence-corrected chi connectivity index (χ3v) is 7.43. The van der Waals surface area contributed by atoms with Crippen LogP contribution in [0, 0.1) is 17.8 Å². The zero-order valence-electron chi connectivity index (χ0n) is 22.7. The first kappa shape index (κ1) is 30.8. The lowest BCUT2D eigenvalue weighted by Gasteiger charge is -2.37. The van der Waals surface area contributed by atoms with Crippen molar-refractivity contribution in [3.63, 3.8) is 0 Å². The van der Waals surface area contributed by atoms with Gasteiger partial charge in [0, 0.05) is 27.2 Å². The van der Waals surface area contributed by atoms with Gasteiger partial charge in [0.15, 0.2) is 6.10 Å². The molecule has 3 unspecified atom stereocenters. The summed E-state index contributed by atoms with van der Waals surface area (Å²) in [6.45, 7) is 5.52. The number of ether oxygens (including phenoxy) is 2. The number of halogens is 4. The highest BCUT2D eigenvalue weighted by Gasteiger charge is 2.40. The first-order valence-corrected chi connectivity index (χ1v) is 13.5. The first-order valence-electron chi connectivity index (χ1n) is 13.1. The molecule has 214 valence electrons. The first-order chi connectivity index (χ1) is 18.4. The maximum atomic E-state index is 13.1. The molecule has 0 aromatic heterocycles. The molecule has 0 aliphatic carbocycles. The van der Waals surface area contributed by atoms with E-state index in [-0.39, 0.29) is 17.4 Å². The van der Waals surface area contributed by atoms with Gasteiger partial charge in [0.2, 0.25) is 0 Å². The largest absolute Gasteiger partial charge is 0.523 e. The summed E-state index contributed by atoms with van der Waals surface area (Å²) in [7, 11) is 3.33. The standard InChI is InChI=1S/C29H36ClF3N2O4/c1-19(18-38-23-10-11-24(25(30)17-23)27(36)34(3)4)16-20(2)21-12-14-35(15-13-21)28(37)26(39-29(31,32)33)22-8-6-5-7-9-22/h5-11,17,19-21,26H,12-16,18H2,1-4H3. The maximum Gasteiger partial charge on any atom is 0.523 e. The van der Waals surface area contributed by atoms with Crippen LogP contribution in [0.3, 0.4) is 0 Å². The lowest BCUT2D eigenvalue weighted by Crippen LogP contribution is -2.43. The Morgan fingerprint density at radius 1 is 1.08 bits per heavy atom. The van der Waals surface area contributed by atoms with E-state index in [1.807, 2.05) is 0 Å². The Hall–Kier alpha value is -2.78. The van der Waals surface area contributed by atoms with E-state index in [0.717, 1.165) is 6.42 Å². The molecule has 3 rings (SSSR count). The highest BCUT2D eigenvalue weighted by molar-refractivity contribution is 6.34. The van der Waals surface area contributed by atoms with Gasteiger partial charge in [0.05, 0.1) is 17.2 Å². The monoisotopic (exact) mass is 568 g/mol. The number of benzene rings is 2. The minimum absolute atomic E-state index is 0.176. The van der Waals surface area contributed by atoms with Gasteiger partial charge in [-0.1, -0.05) is 55.8 Å². The van der Waals surface area contributed by atoms with E-state index in [1.165, 1.54) is 21.9 Å². The van der Waals surface area contributed by atoms with Crippen LogP contribution in [-0.4, -0.2) is 61.8 Å². The Labute approximate surface area is 233 Å². The van der Waals surface area contributed by atoms with Gasteiger partial charge in [0.1, 0.15) is 5.75 Å². The van der Waals surface area contributed by atoms with Crippen LogP contribution in [0.1, 0.15) is 55.1 Å². The molecule has 0 radical (unpaired) electrons. The molecule has 1 aliphatic heterocycles. The van der Waals surface area contributed by atoms with Crippen LogP contribution in [0.25, 0.3) is 0 Å². The molecule has 0 spiro atoms. The topological polar surface area (TPSA) is 59.1 Å². The van der Waals surface area contributed by atoms with Gasteiger partial charge in [-0.15, -0.1) is 13.2 Å². The van der Waals surface area contributed by atoms with Crippen molar-refractivity contribution in [1.82, 2.24) is 9.80 Å². The molecule has 6 nitrogen and oxygen atoms in total. The number of alkyl halides is 3. The summed E-state index contributed by atoms with van der Waals surface area (Å²) >= 11 is 6.27. The molecule has 3 atom stereocenters. The van der Waals surface area contributed by atoms with Gasteiger partial charge < -0.3 is 14.5 Å². The van der Waals surface area contributed by atoms with Crippen molar-refractivity contribution < 1.29 is 32.2 Å². The Balaban J connectivity index is 1.49. The Bertz CT molecular complexity index is 1110. The van der Waals surface area contributed by atoms with Crippen LogP contribution in [0.2, 0.25) is 5.02 Å². The molecular weight excluding hydrogens is 533 g/mol. The molecule has 0 saturated carbocycles. The Morgan fingerprint density at radius 3 is 2.28 bits per heavy atom. The number of rotatable bonds is 10. The third-order valence-electron chi connectivity index (χ3n) is 7.12. The highest BCUT2D eigenvalue weighted by atomic mass is 35.5. The van der Waals surface area contributed by atoms with Crippen molar-refractivity contribution in [2.45, 2.75) is 45.6 Å². The van der Waals surface area contributed by atoms with Crippen LogP contribution < -0.4 is 4.74 Å². The van der Waals surface area contributed by atoms with Gasteiger partial charge >= 0.3 is 6.36 Å². The fourth-order valence-corrected chi connectivity index (χ4v) is 5.26. The number of likely N-dealkylation sites (tertiary alicyclic amines) is 1. The van der Waals surface area contributed by atoms with Crippen molar-refractivity contribution in [3.8, 4) is 5.75 Å². The van der Waals surface area contributed by atoms with Crippen LogP contribution in [0.5, 0.6) is 5.75 Å². The molecule has 1 fully saturated rings. The molecule has 0 bridgehead atoms. The highest BCUT2D eigenvalue weighted by Crippen LogP contribution is 2.34. The normalized spacial score (nSPS) is 16.9. The van der Waals surface area contributed by atoms with E-state index in [9.17, 15) is 22.8 Å². The molecule has 1 saturated heterocycles. The number of hydrogen-bond acceptors (Lipinski definition) is 4. The second kappa shape index (κ2) is 13.5. The summed E-state index contributed by atoms with van der Waals surface area (Å²) in [4.78, 5) is 28.1. The number of carbonyl (C=O) groups is 2. The summed E-state index contributed by atoms with van der Waals surface area (Å²) in [5, 5.41) is 0.337. The van der Waals surface area contributed by atoms with Crippen molar-refractivity contribution in [1.29, 1.82) is 0 Å². The summed E-state index contributed by atoms with van der Waals surface area (Å²) in [5.41, 5.74) is 0.602. The summed E-state index contributed by atoms with van der Waals surface area (Å²) in [6, 6.07) is 12.8. The van der Waals surface area contributed by atoms with Crippen LogP contribution in [0.4, 0.5) is 13.2 Å². The molecule has 1 aliphatic rings. The minimum Gasteiger partial charge on any atom is -0.493 e. The van der Waals surface area contributed by atoms with Gasteiger partial charge in [-0.05, 0) is 60.8 Å². The third kappa shape index (κ3) is 8.86. The Kier molecular flexibility index (Phi) is 10.7. The summed E-state index contributed by atoms with van der Waals surface area (Å²) in [5.74, 6) is 0.690. The number of amides is 2. The number of hydrogen-bond donors (Lipinski definition) is 0. The number of nitrogens with zero attached hydrogens (tertiary/aromatic N) is 2. The second-order valence-corrected chi connectivity index (χ2v) is 10.9. The minimum atomic E-state index is -4.92. The maximum absolute atomic E-state index is 13.1. The smallest absolute Gasteiger partial charge is 0.493 e. The zero-order valence-corrected chi connectivity index (χ0v) is 23.5. The predicted octanol–water partition coefficient (Wildman–Crippen LogP) is 6.60. The molecule has 39 heavy (non-hydrogen) atoms. The molecule has 2 aromatic rings. The molecular formula is C29H36ClF3N2O4. The van der Waals surface area contributed by atoms with Crippen molar-refractivity contribution in [3.05, 3.63) is 64.7 Å². The Morgan fingerprint density at radius 2 is 1.72 bits per heavy atom. The van der Waals surface area contributed by atoms with Crippen LogP contribution in [0.15, 0.2) is 48.5 Å². The fourth-order valence-electron chi connectivity index (χ4n) is 5.01. The van der Waals surface area contributed by atoms with Crippen LogP contribution in [-0.2, 0) is 9.53 Å². The van der Waals surface area contributed by atoms with E-state index < -0.39 is 18.4 Å². The van der Waals surface area contributed by atoms with E-state index in [1.54, 1.807) is 50.5 Å². The van der Waals surface area contributed by atoms with Crippen molar-refractivity contribution >= 4 is 23.4 Å². The van der Waals surface area contributed by atoms with Crippen LogP contribution >= 0.6 is 11.6 Å². The van der Waals surface area contributed by atoms with E-state index in [2.05, 4.69) is 18.6 Å². The lowest BCUT2D eigenvalue weighted by atomic mass is 9.80. The second-order valence-electron chi connectivity index (χ2n) is 10.5. The number of piperidine rings is 1. The van der Waals surface area contributed by atoms with Gasteiger partial charge in [-0.3, -0.25) is 14.3 Å². The summed E-state index contributed by atoms with van der Waals surface area (Å²) in [6.07, 6.45) is -4.30. The average molecular weight is 569 g/mol. The SMILES string of the molecule is CC(COc1ccc(C(=O)N(C)C)c(Cl)c1)CC(C)C1CCN(C(=O)C(OC(F)(F)F)c2ccccc2)CC1. The van der Waals surface area contributed by atoms with E-state index in [4.69, 9.17) is 16.3 Å². The van der Waals surface area contributed by atoms with Gasteiger partial charge in [-0.2, -0.15) is 0 Å². The predicted molar refractivity (Wildman–Crippen MR) is 144 cm³/mol. The summed E-state index contributed by atoms with van der Waals surface area (Å²) < 4.78 is 49.3.